The molecule has 0 bridgehead atoms. The number of nitrogens with zero attached hydrogens (tertiary/aromatic N) is 3. The molecule has 2 heterocycles. The lowest BCUT2D eigenvalue weighted by Crippen LogP contribution is -2.44. The number of nitrogens with one attached hydrogen (secondary N) is 1. The molecule has 2 aromatic carbocycles. The summed E-state index contributed by atoms with van der Waals surface area (Å²) in [4.78, 5) is 42.6. The van der Waals surface area contributed by atoms with Crippen molar-refractivity contribution < 1.29 is 14.4 Å². The quantitative estimate of drug-likeness (QED) is 0.734. The smallest absolute Gasteiger partial charge is 0.262 e. The van der Waals surface area contributed by atoms with Crippen LogP contribution in [0.5, 0.6) is 0 Å². The summed E-state index contributed by atoms with van der Waals surface area (Å²) < 4.78 is 0. The third kappa shape index (κ3) is 4.21. The first-order valence-corrected chi connectivity index (χ1v) is 10.3. The van der Waals surface area contributed by atoms with E-state index in [2.05, 4.69) is 46.4 Å². The van der Waals surface area contributed by atoms with Crippen LogP contribution in [-0.2, 0) is 11.2 Å². The number of rotatable bonds is 6. The Morgan fingerprint density at radius 2 is 1.50 bits per heavy atom. The highest BCUT2D eigenvalue weighted by atomic mass is 16.2. The minimum Gasteiger partial charge on any atom is -0.369 e. The van der Waals surface area contributed by atoms with Crippen molar-refractivity contribution in [2.24, 2.45) is 0 Å². The molecule has 1 saturated heterocycles. The minimum atomic E-state index is -0.412. The van der Waals surface area contributed by atoms with E-state index in [1.54, 1.807) is 24.3 Å². The summed E-state index contributed by atoms with van der Waals surface area (Å²) in [6.45, 7) is 4.40. The highest BCUT2D eigenvalue weighted by Crippen LogP contribution is 2.22. The Kier molecular flexibility index (Phi) is 5.81. The number of carbonyl (C=O) groups is 3. The Bertz CT molecular complexity index is 914. The molecule has 2 aromatic rings. The molecule has 1 N–H and O–H groups in total. The maximum absolute atomic E-state index is 12.3. The molecule has 0 unspecified atom stereocenters. The fraction of sp³-hybridized carbons (Fsp3) is 0.348. The Balaban J connectivity index is 1.24. The Labute approximate surface area is 176 Å². The molecule has 4 rings (SSSR count). The van der Waals surface area contributed by atoms with Gasteiger partial charge in [-0.1, -0.05) is 24.3 Å². The van der Waals surface area contributed by atoms with Gasteiger partial charge >= 0.3 is 0 Å². The third-order valence-electron chi connectivity index (χ3n) is 5.72. The van der Waals surface area contributed by atoms with Crippen molar-refractivity contribution in [2.45, 2.75) is 6.42 Å². The fourth-order valence-corrected chi connectivity index (χ4v) is 3.87. The topological polar surface area (TPSA) is 73.0 Å². The fourth-order valence-electron chi connectivity index (χ4n) is 3.87. The van der Waals surface area contributed by atoms with Crippen LogP contribution in [0.2, 0.25) is 0 Å². The monoisotopic (exact) mass is 406 g/mol. The maximum Gasteiger partial charge on any atom is 0.262 e. The SMILES string of the molecule is CN1CCN(c2ccc(CCNC(=O)CN3C(=O)c4ccccc4C3=O)cc2)CC1. The molecule has 0 radical (unpaired) electrons. The largest absolute Gasteiger partial charge is 0.369 e. The van der Waals surface area contributed by atoms with Crippen LogP contribution in [0.1, 0.15) is 26.3 Å². The third-order valence-corrected chi connectivity index (χ3v) is 5.72. The van der Waals surface area contributed by atoms with E-state index in [1.807, 2.05) is 0 Å². The van der Waals surface area contributed by atoms with Gasteiger partial charge in [-0.3, -0.25) is 19.3 Å². The molecule has 7 nitrogen and oxygen atoms in total. The van der Waals surface area contributed by atoms with Crippen molar-refractivity contribution in [3.8, 4) is 0 Å². The summed E-state index contributed by atoms with van der Waals surface area (Å²) in [5.41, 5.74) is 3.07. The van der Waals surface area contributed by atoms with Crippen LogP contribution < -0.4 is 10.2 Å². The molecule has 30 heavy (non-hydrogen) atoms. The summed E-state index contributed by atoms with van der Waals surface area (Å²) in [6, 6.07) is 15.1. The number of piperazine rings is 1. The number of hydrogen-bond acceptors (Lipinski definition) is 5. The molecule has 2 aliphatic heterocycles. The van der Waals surface area contributed by atoms with Gasteiger partial charge in [-0.25, -0.2) is 0 Å². The Hall–Kier alpha value is -3.19. The number of amides is 3. The van der Waals surface area contributed by atoms with Gasteiger partial charge < -0.3 is 15.1 Å². The molecule has 0 saturated carbocycles. The molecule has 0 spiro atoms. The van der Waals surface area contributed by atoms with E-state index < -0.39 is 11.8 Å². The zero-order valence-electron chi connectivity index (χ0n) is 17.1. The average Bonchev–Trinajstić information content (AvgIpc) is 3.00. The first kappa shape index (κ1) is 20.1. The molecular formula is C23H26N4O3. The second kappa shape index (κ2) is 8.67. The van der Waals surface area contributed by atoms with Gasteiger partial charge in [0.05, 0.1) is 11.1 Å². The molecule has 0 atom stereocenters. The number of fused-ring (bicyclic) bond motifs is 1. The molecule has 1 fully saturated rings. The van der Waals surface area contributed by atoms with Crippen molar-refractivity contribution >= 4 is 23.4 Å². The first-order valence-electron chi connectivity index (χ1n) is 10.3. The van der Waals surface area contributed by atoms with Crippen LogP contribution in [-0.4, -0.2) is 73.8 Å². The van der Waals surface area contributed by atoms with Crippen LogP contribution in [0.15, 0.2) is 48.5 Å². The van der Waals surface area contributed by atoms with Gasteiger partial charge in [0.2, 0.25) is 5.91 Å². The second-order valence-electron chi connectivity index (χ2n) is 7.80. The van der Waals surface area contributed by atoms with Crippen LogP contribution in [0.25, 0.3) is 0 Å². The number of likely N-dealkylation sites (N-methyl/N-ethyl adjacent to an activating group) is 1. The highest BCUT2D eigenvalue weighted by molar-refractivity contribution is 6.22. The van der Waals surface area contributed by atoms with Crippen molar-refractivity contribution in [3.05, 3.63) is 65.2 Å². The lowest BCUT2D eigenvalue weighted by molar-refractivity contribution is -0.121. The molecule has 3 amide bonds. The predicted molar refractivity (Wildman–Crippen MR) is 115 cm³/mol. The summed E-state index contributed by atoms with van der Waals surface area (Å²) in [5.74, 6) is -1.16. The lowest BCUT2D eigenvalue weighted by Gasteiger charge is -2.34. The molecule has 7 heteroatoms. The normalized spacial score (nSPS) is 16.7. The zero-order chi connectivity index (χ0) is 21.1. The van der Waals surface area contributed by atoms with Gasteiger partial charge in [-0.2, -0.15) is 0 Å². The average molecular weight is 406 g/mol. The molecular weight excluding hydrogens is 380 g/mol. The molecule has 156 valence electrons. The Morgan fingerprint density at radius 3 is 2.10 bits per heavy atom. The first-order chi connectivity index (χ1) is 14.5. The Morgan fingerprint density at radius 1 is 0.900 bits per heavy atom. The second-order valence-corrected chi connectivity index (χ2v) is 7.80. The van der Waals surface area contributed by atoms with Gasteiger partial charge in [0.15, 0.2) is 0 Å². The van der Waals surface area contributed by atoms with Gasteiger partial charge in [0, 0.05) is 38.4 Å². The summed E-state index contributed by atoms with van der Waals surface area (Å²) in [6.07, 6.45) is 0.691. The number of carbonyl (C=O) groups excluding carboxylic acids is 3. The summed E-state index contributed by atoms with van der Waals surface area (Å²) in [7, 11) is 2.14. The number of hydrogen-bond donors (Lipinski definition) is 1. The number of imide groups is 1. The van der Waals surface area contributed by atoms with Gasteiger partial charge in [0.25, 0.3) is 11.8 Å². The van der Waals surface area contributed by atoms with E-state index in [0.29, 0.717) is 24.1 Å². The maximum atomic E-state index is 12.3. The molecule has 2 aliphatic rings. The molecule has 0 aliphatic carbocycles. The number of benzene rings is 2. The number of anilines is 1. The highest BCUT2D eigenvalue weighted by Gasteiger charge is 2.36. The van der Waals surface area contributed by atoms with E-state index in [9.17, 15) is 14.4 Å². The van der Waals surface area contributed by atoms with Gasteiger partial charge in [-0.05, 0) is 43.3 Å². The van der Waals surface area contributed by atoms with Crippen molar-refractivity contribution in [1.82, 2.24) is 15.1 Å². The van der Waals surface area contributed by atoms with Crippen molar-refractivity contribution in [3.63, 3.8) is 0 Å². The van der Waals surface area contributed by atoms with Crippen LogP contribution in [0.4, 0.5) is 5.69 Å². The van der Waals surface area contributed by atoms with Crippen molar-refractivity contribution in [2.75, 3.05) is 51.2 Å². The van der Waals surface area contributed by atoms with Gasteiger partial charge in [-0.15, -0.1) is 0 Å². The van der Waals surface area contributed by atoms with Crippen LogP contribution >= 0.6 is 0 Å². The van der Waals surface area contributed by atoms with Crippen molar-refractivity contribution in [1.29, 1.82) is 0 Å². The van der Waals surface area contributed by atoms with E-state index in [-0.39, 0.29) is 12.5 Å². The standard InChI is InChI=1S/C23H26N4O3/c1-25-12-14-26(15-13-25)18-8-6-17(7-9-18)10-11-24-21(28)16-27-22(29)19-4-2-3-5-20(19)23(27)30/h2-9H,10-16H2,1H3,(H,24,28). The zero-order valence-corrected chi connectivity index (χ0v) is 17.1. The van der Waals surface area contributed by atoms with Crippen LogP contribution in [0, 0.1) is 0 Å². The van der Waals surface area contributed by atoms with Gasteiger partial charge in [0.1, 0.15) is 6.54 Å². The lowest BCUT2D eigenvalue weighted by atomic mass is 10.1. The van der Waals surface area contributed by atoms with Crippen LogP contribution in [0.3, 0.4) is 0 Å². The van der Waals surface area contributed by atoms with E-state index in [0.717, 1.165) is 36.6 Å². The van der Waals surface area contributed by atoms with E-state index in [1.165, 1.54) is 5.69 Å². The van der Waals surface area contributed by atoms with E-state index in [4.69, 9.17) is 0 Å². The summed E-state index contributed by atoms with van der Waals surface area (Å²) >= 11 is 0. The summed E-state index contributed by atoms with van der Waals surface area (Å²) in [5, 5.41) is 2.81. The minimum absolute atomic E-state index is 0.255. The van der Waals surface area contributed by atoms with E-state index >= 15 is 0 Å². The molecule has 0 aromatic heterocycles. The predicted octanol–water partition coefficient (Wildman–Crippen LogP) is 1.39.